The highest BCUT2D eigenvalue weighted by molar-refractivity contribution is 5.75. The Morgan fingerprint density at radius 3 is 2.08 bits per heavy atom. The first-order valence-electron chi connectivity index (χ1n) is 9.14. The van der Waals surface area contributed by atoms with Gasteiger partial charge in [0.05, 0.1) is 6.10 Å². The van der Waals surface area contributed by atoms with Crippen molar-refractivity contribution in [3.8, 4) is 0 Å². The zero-order valence-electron chi connectivity index (χ0n) is 15.8. The largest absolute Gasteiger partial charge is 0.481 e. The van der Waals surface area contributed by atoms with Crippen LogP contribution in [-0.2, 0) is 9.59 Å². The number of rotatable bonds is 14. The summed E-state index contributed by atoms with van der Waals surface area (Å²) in [6.45, 7) is 2.49. The number of carboxylic acid groups (broad SMARTS) is 2. The predicted molar refractivity (Wildman–Crippen MR) is 102 cm³/mol. The molecule has 9 heteroatoms. The molecule has 0 heterocycles. The maximum atomic E-state index is 10.2. The molecule has 0 saturated carbocycles. The lowest BCUT2D eigenvalue weighted by molar-refractivity contribution is -0.139. The van der Waals surface area contributed by atoms with Gasteiger partial charge in [0.2, 0.25) is 0 Å². The maximum absolute atomic E-state index is 10.2. The molecule has 1 unspecified atom stereocenters. The average Bonchev–Trinajstić information content (AvgIpc) is 2.55. The molecule has 0 amide bonds. The van der Waals surface area contributed by atoms with Gasteiger partial charge < -0.3 is 32.5 Å². The first kappa shape index (κ1) is 26.4. The minimum atomic E-state index is -1.00. The summed E-state index contributed by atoms with van der Waals surface area (Å²) in [4.78, 5) is 24.1. The van der Waals surface area contributed by atoms with Gasteiger partial charge in [0.1, 0.15) is 6.04 Å². The Bertz CT molecular complexity index is 401. The van der Waals surface area contributed by atoms with E-state index in [4.69, 9.17) is 27.4 Å². The van der Waals surface area contributed by atoms with Crippen molar-refractivity contribution in [1.82, 2.24) is 0 Å². The molecule has 0 bridgehead atoms. The van der Waals surface area contributed by atoms with Crippen molar-refractivity contribution in [2.45, 2.75) is 83.3 Å². The smallest absolute Gasteiger partial charge is 0.320 e. The second kappa shape index (κ2) is 17.9. The van der Waals surface area contributed by atoms with Crippen LogP contribution in [0.1, 0.15) is 71.1 Å². The van der Waals surface area contributed by atoms with Crippen molar-refractivity contribution in [2.24, 2.45) is 22.2 Å². The van der Waals surface area contributed by atoms with Crippen LogP contribution in [0.25, 0.3) is 0 Å². The highest BCUT2D eigenvalue weighted by atomic mass is 16.4. The Hall–Kier alpha value is -1.87. The number of unbranched alkanes of at least 4 members (excludes halogenated alkanes) is 3. The number of hydrogen-bond donors (Lipinski definition) is 6. The van der Waals surface area contributed by atoms with Crippen LogP contribution in [0.5, 0.6) is 0 Å². The Kier molecular flexibility index (Phi) is 18.2. The molecular formula is C17H36N4O5. The van der Waals surface area contributed by atoms with Crippen LogP contribution in [-0.4, -0.2) is 51.9 Å². The molecule has 9 nitrogen and oxygen atoms in total. The summed E-state index contributed by atoms with van der Waals surface area (Å²) in [7, 11) is 0. The van der Waals surface area contributed by atoms with Crippen LogP contribution in [0.2, 0.25) is 0 Å². The second-order valence-electron chi connectivity index (χ2n) is 6.18. The number of nitrogens with zero attached hydrogens (tertiary/aromatic N) is 1. The first-order valence-corrected chi connectivity index (χ1v) is 9.14. The zero-order chi connectivity index (χ0) is 20.4. The molecule has 0 aliphatic heterocycles. The van der Waals surface area contributed by atoms with E-state index in [9.17, 15) is 14.7 Å². The van der Waals surface area contributed by atoms with E-state index >= 15 is 0 Å². The normalized spacial score (nSPS) is 12.4. The molecule has 26 heavy (non-hydrogen) atoms. The molecule has 154 valence electrons. The molecule has 2 atom stereocenters. The lowest BCUT2D eigenvalue weighted by Crippen LogP contribution is -2.30. The van der Waals surface area contributed by atoms with Crippen LogP contribution < -0.4 is 17.2 Å². The number of hydrogen-bond acceptors (Lipinski definition) is 5. The van der Waals surface area contributed by atoms with Gasteiger partial charge in [0, 0.05) is 13.0 Å². The number of aliphatic hydroxyl groups is 1. The fourth-order valence-electron chi connectivity index (χ4n) is 2.13. The summed E-state index contributed by atoms with van der Waals surface area (Å²) in [5.41, 5.74) is 15.3. The van der Waals surface area contributed by atoms with E-state index < -0.39 is 18.0 Å². The molecule has 0 aliphatic rings. The Morgan fingerprint density at radius 2 is 1.58 bits per heavy atom. The monoisotopic (exact) mass is 376 g/mol. The van der Waals surface area contributed by atoms with Gasteiger partial charge in [-0.15, -0.1) is 0 Å². The van der Waals surface area contributed by atoms with E-state index in [1.54, 1.807) is 0 Å². The topological polar surface area (TPSA) is 185 Å². The second-order valence-corrected chi connectivity index (χ2v) is 6.18. The fraction of sp³-hybridized carbons (Fsp3) is 0.824. The minimum Gasteiger partial charge on any atom is -0.481 e. The van der Waals surface area contributed by atoms with Gasteiger partial charge in [0.15, 0.2) is 5.96 Å². The summed E-state index contributed by atoms with van der Waals surface area (Å²) in [6.07, 6.45) is 7.63. The van der Waals surface area contributed by atoms with E-state index in [1.165, 1.54) is 0 Å². The molecular weight excluding hydrogens is 340 g/mol. The third-order valence-electron chi connectivity index (χ3n) is 3.58. The highest BCUT2D eigenvalue weighted by Gasteiger charge is 2.09. The number of aliphatic carboxylic acids is 2. The number of aliphatic imine (C=N–C) groups is 1. The summed E-state index contributed by atoms with van der Waals surface area (Å²) in [6, 6.07) is -0.820. The number of nitrogens with two attached hydrogens (primary N) is 3. The zero-order valence-corrected chi connectivity index (χ0v) is 15.8. The van der Waals surface area contributed by atoms with Crippen molar-refractivity contribution >= 4 is 17.9 Å². The van der Waals surface area contributed by atoms with Crippen LogP contribution >= 0.6 is 0 Å². The number of carboxylic acids is 2. The summed E-state index contributed by atoms with van der Waals surface area (Å²) >= 11 is 0. The van der Waals surface area contributed by atoms with Gasteiger partial charge >= 0.3 is 11.9 Å². The molecule has 0 aromatic heterocycles. The first-order chi connectivity index (χ1) is 12.2. The third kappa shape index (κ3) is 22.1. The number of carbonyl (C=O) groups is 2. The minimum absolute atomic E-state index is 0.0129. The summed E-state index contributed by atoms with van der Waals surface area (Å²) in [5.74, 6) is -1.70. The van der Waals surface area contributed by atoms with E-state index in [1.807, 2.05) is 0 Å². The van der Waals surface area contributed by atoms with Crippen molar-refractivity contribution in [2.75, 3.05) is 6.54 Å². The van der Waals surface area contributed by atoms with Gasteiger partial charge in [0.25, 0.3) is 0 Å². The highest BCUT2D eigenvalue weighted by Crippen LogP contribution is 2.10. The van der Waals surface area contributed by atoms with Crippen LogP contribution in [0, 0.1) is 0 Å². The van der Waals surface area contributed by atoms with Gasteiger partial charge in [-0.2, -0.15) is 0 Å². The van der Waals surface area contributed by atoms with E-state index in [-0.39, 0.29) is 18.5 Å². The molecule has 0 saturated heterocycles. The Labute approximate surface area is 155 Å². The third-order valence-corrected chi connectivity index (χ3v) is 3.58. The molecule has 0 spiro atoms. The average molecular weight is 376 g/mol. The molecule has 0 radical (unpaired) electrons. The molecule has 0 fully saturated rings. The SMILES string of the molecule is CCCC(O)CCCCCCC(=O)O.NC(N)=NCCC[C@H](N)C(=O)O. The fourth-order valence-corrected chi connectivity index (χ4v) is 2.13. The lowest BCUT2D eigenvalue weighted by Gasteiger charge is -2.07. The van der Waals surface area contributed by atoms with Gasteiger partial charge in [-0.25, -0.2) is 0 Å². The summed E-state index contributed by atoms with van der Waals surface area (Å²) < 4.78 is 0. The quantitative estimate of drug-likeness (QED) is 0.147. The van der Waals surface area contributed by atoms with E-state index in [0.29, 0.717) is 19.4 Å². The van der Waals surface area contributed by atoms with E-state index in [2.05, 4.69) is 11.9 Å². The van der Waals surface area contributed by atoms with Gasteiger partial charge in [-0.1, -0.05) is 32.6 Å². The van der Waals surface area contributed by atoms with Gasteiger partial charge in [-0.05, 0) is 32.1 Å². The molecule has 0 rings (SSSR count). The predicted octanol–water partition coefficient (Wildman–Crippen LogP) is 1.02. The van der Waals surface area contributed by atoms with Gasteiger partial charge in [-0.3, -0.25) is 14.6 Å². The van der Waals surface area contributed by atoms with Crippen LogP contribution in [0.15, 0.2) is 4.99 Å². The van der Waals surface area contributed by atoms with Crippen LogP contribution in [0.4, 0.5) is 0 Å². The Morgan fingerprint density at radius 1 is 0.962 bits per heavy atom. The summed E-state index contributed by atoms with van der Waals surface area (Å²) in [5, 5.41) is 26.2. The van der Waals surface area contributed by atoms with Crippen molar-refractivity contribution in [1.29, 1.82) is 0 Å². The molecule has 0 aliphatic carbocycles. The number of aliphatic hydroxyl groups excluding tert-OH is 1. The van der Waals surface area contributed by atoms with Crippen LogP contribution in [0.3, 0.4) is 0 Å². The maximum Gasteiger partial charge on any atom is 0.320 e. The van der Waals surface area contributed by atoms with Crippen molar-refractivity contribution < 1.29 is 24.9 Å². The van der Waals surface area contributed by atoms with Crippen molar-refractivity contribution in [3.05, 3.63) is 0 Å². The van der Waals surface area contributed by atoms with Crippen molar-refractivity contribution in [3.63, 3.8) is 0 Å². The molecule has 0 aromatic rings. The standard InChI is InChI=1S/C11H22O3.C6H14N4O2/c1-2-7-10(12)8-5-3-4-6-9-11(13)14;7-4(5(11)12)2-1-3-10-6(8)9/h10,12H,2-9H2,1H3,(H,13,14);4H,1-3,7H2,(H,11,12)(H4,8,9,10)/t;4-/m.0/s1. The molecule has 0 aromatic carbocycles. The van der Waals surface area contributed by atoms with E-state index in [0.717, 1.165) is 44.9 Å². The molecule has 9 N–H and O–H groups in total. The lowest BCUT2D eigenvalue weighted by atomic mass is 10.1. The number of guanidine groups is 1. The Balaban J connectivity index is 0.